The van der Waals surface area contributed by atoms with Crippen molar-refractivity contribution in [3.63, 3.8) is 0 Å². The maximum absolute atomic E-state index is 13.7. The zero-order chi connectivity index (χ0) is 26.6. The van der Waals surface area contributed by atoms with Crippen molar-refractivity contribution < 1.29 is 19.1 Å². The number of hydrogen-bond acceptors (Lipinski definition) is 6. The molecule has 1 N–H and O–H groups in total. The Balaban J connectivity index is 1.64. The molecule has 0 radical (unpaired) electrons. The summed E-state index contributed by atoms with van der Waals surface area (Å²) in [6.07, 6.45) is 0. The molecular formula is C27H28ClN5O4. The van der Waals surface area contributed by atoms with Gasteiger partial charge in [0.25, 0.3) is 0 Å². The van der Waals surface area contributed by atoms with E-state index < -0.39 is 5.54 Å². The minimum atomic E-state index is -1.25. The van der Waals surface area contributed by atoms with Crippen LogP contribution in [0.1, 0.15) is 19.4 Å². The van der Waals surface area contributed by atoms with E-state index in [0.717, 1.165) is 11.1 Å². The summed E-state index contributed by atoms with van der Waals surface area (Å²) in [5.41, 5.74) is 1.44. The lowest BCUT2D eigenvalue weighted by Gasteiger charge is -2.37. The lowest BCUT2D eigenvalue weighted by atomic mass is 9.99. The second kappa shape index (κ2) is 10.9. The van der Waals surface area contributed by atoms with Gasteiger partial charge in [-0.25, -0.2) is 4.68 Å². The van der Waals surface area contributed by atoms with Gasteiger partial charge >= 0.3 is 0 Å². The minimum absolute atomic E-state index is 0.0866. The molecule has 2 amide bonds. The van der Waals surface area contributed by atoms with E-state index in [1.54, 1.807) is 51.3 Å². The van der Waals surface area contributed by atoms with E-state index in [1.807, 2.05) is 36.4 Å². The third kappa shape index (κ3) is 5.67. The number of rotatable bonds is 9. The number of aromatic nitrogens is 3. The molecule has 1 heterocycles. The van der Waals surface area contributed by atoms with Crippen LogP contribution in [0.5, 0.6) is 11.5 Å². The Kier molecular flexibility index (Phi) is 7.63. The molecule has 4 aromatic rings. The molecule has 0 atom stereocenters. The van der Waals surface area contributed by atoms with Gasteiger partial charge in [0.05, 0.1) is 25.4 Å². The van der Waals surface area contributed by atoms with Crippen LogP contribution in [0.25, 0.3) is 11.0 Å². The average Bonchev–Trinajstić information content (AvgIpc) is 3.30. The zero-order valence-electron chi connectivity index (χ0n) is 21.1. The molecule has 0 unspecified atom stereocenters. The van der Waals surface area contributed by atoms with Crippen LogP contribution >= 0.6 is 11.6 Å². The Morgan fingerprint density at radius 3 is 2.46 bits per heavy atom. The van der Waals surface area contributed by atoms with Gasteiger partial charge in [-0.2, -0.15) is 0 Å². The molecule has 0 spiro atoms. The molecule has 0 aliphatic carbocycles. The van der Waals surface area contributed by atoms with E-state index in [0.29, 0.717) is 27.7 Å². The topological polar surface area (TPSA) is 98.6 Å². The Morgan fingerprint density at radius 1 is 1.03 bits per heavy atom. The van der Waals surface area contributed by atoms with Crippen molar-refractivity contribution in [3.8, 4) is 11.5 Å². The normalized spacial score (nSPS) is 11.3. The maximum Gasteiger partial charge on any atom is 0.249 e. The van der Waals surface area contributed by atoms with Crippen LogP contribution in [0.2, 0.25) is 5.02 Å². The quantitative estimate of drug-likeness (QED) is 0.347. The number of methoxy groups -OCH3 is 2. The van der Waals surface area contributed by atoms with Gasteiger partial charge in [-0.15, -0.1) is 5.10 Å². The van der Waals surface area contributed by atoms with E-state index in [1.165, 1.54) is 16.7 Å². The van der Waals surface area contributed by atoms with Crippen LogP contribution in [0.3, 0.4) is 0 Å². The highest BCUT2D eigenvalue weighted by atomic mass is 35.5. The predicted molar refractivity (Wildman–Crippen MR) is 142 cm³/mol. The van der Waals surface area contributed by atoms with E-state index >= 15 is 0 Å². The second-order valence-corrected chi connectivity index (χ2v) is 9.36. The van der Waals surface area contributed by atoms with E-state index in [9.17, 15) is 9.59 Å². The summed E-state index contributed by atoms with van der Waals surface area (Å²) in [5.74, 6) is 0.344. The first kappa shape index (κ1) is 26.0. The zero-order valence-corrected chi connectivity index (χ0v) is 21.8. The number of carbonyl (C=O) groups is 2. The highest BCUT2D eigenvalue weighted by Gasteiger charge is 2.38. The fourth-order valence-corrected chi connectivity index (χ4v) is 4.04. The smallest absolute Gasteiger partial charge is 0.249 e. The van der Waals surface area contributed by atoms with Crippen molar-refractivity contribution in [1.29, 1.82) is 0 Å². The molecule has 37 heavy (non-hydrogen) atoms. The Bertz CT molecular complexity index is 1420. The van der Waals surface area contributed by atoms with Crippen LogP contribution in [0.4, 0.5) is 5.69 Å². The monoisotopic (exact) mass is 521 g/mol. The molecule has 10 heteroatoms. The molecule has 0 saturated heterocycles. The number of nitrogens with one attached hydrogen (secondary N) is 1. The number of halogens is 1. The van der Waals surface area contributed by atoms with Crippen molar-refractivity contribution in [2.24, 2.45) is 0 Å². The van der Waals surface area contributed by atoms with E-state index in [2.05, 4.69) is 15.6 Å². The maximum atomic E-state index is 13.7. The van der Waals surface area contributed by atoms with E-state index in [-0.39, 0.29) is 24.9 Å². The summed E-state index contributed by atoms with van der Waals surface area (Å²) in [6.45, 7) is 3.50. The summed E-state index contributed by atoms with van der Waals surface area (Å²) < 4.78 is 12.2. The summed E-state index contributed by atoms with van der Waals surface area (Å²) in [6, 6.07) is 19.6. The van der Waals surface area contributed by atoms with Gasteiger partial charge in [0.1, 0.15) is 29.1 Å². The van der Waals surface area contributed by atoms with Gasteiger partial charge < -0.3 is 19.7 Å². The second-order valence-electron chi connectivity index (χ2n) is 8.92. The van der Waals surface area contributed by atoms with Crippen LogP contribution in [0, 0.1) is 0 Å². The van der Waals surface area contributed by atoms with Crippen LogP contribution in [-0.2, 0) is 22.7 Å². The van der Waals surface area contributed by atoms with E-state index in [4.69, 9.17) is 21.1 Å². The summed E-state index contributed by atoms with van der Waals surface area (Å²) in [7, 11) is 3.06. The number of benzene rings is 3. The van der Waals surface area contributed by atoms with Crippen molar-refractivity contribution in [1.82, 2.24) is 19.9 Å². The molecule has 3 aromatic carbocycles. The fourth-order valence-electron chi connectivity index (χ4n) is 3.92. The molecule has 9 nitrogen and oxygen atoms in total. The molecule has 0 bridgehead atoms. The van der Waals surface area contributed by atoms with Crippen LogP contribution in [0.15, 0.2) is 66.7 Å². The largest absolute Gasteiger partial charge is 0.497 e. The summed E-state index contributed by atoms with van der Waals surface area (Å²) >= 11 is 6.06. The Labute approximate surface area is 219 Å². The standard InChI is InChI=1S/C27H28ClN5O4/c1-27(2,26(35)29-22-14-13-20(36-3)15-24(22)37-4)32(16-18-9-11-19(28)12-10-18)25(34)17-33-23-8-6-5-7-21(23)30-31-33/h5-15H,16-17H2,1-4H3,(H,29,35). The number of carbonyl (C=O) groups excluding carboxylic acids is 2. The predicted octanol–water partition coefficient (Wildman–Crippen LogP) is 4.55. The van der Waals surface area contributed by atoms with Gasteiger partial charge in [0, 0.05) is 17.6 Å². The van der Waals surface area contributed by atoms with Crippen molar-refractivity contribution in [2.45, 2.75) is 32.5 Å². The molecule has 0 saturated carbocycles. The number of anilines is 1. The fraction of sp³-hybridized carbons (Fsp3) is 0.259. The molecule has 192 valence electrons. The van der Waals surface area contributed by atoms with Crippen LogP contribution in [-0.4, -0.2) is 51.5 Å². The van der Waals surface area contributed by atoms with Gasteiger partial charge in [-0.3, -0.25) is 9.59 Å². The first-order valence-electron chi connectivity index (χ1n) is 11.6. The van der Waals surface area contributed by atoms with Gasteiger partial charge in [-0.05, 0) is 55.8 Å². The highest BCUT2D eigenvalue weighted by Crippen LogP contribution is 2.31. The van der Waals surface area contributed by atoms with Gasteiger partial charge in [0.2, 0.25) is 11.8 Å². The van der Waals surface area contributed by atoms with Crippen molar-refractivity contribution >= 4 is 40.1 Å². The molecule has 0 fully saturated rings. The van der Waals surface area contributed by atoms with Crippen LogP contribution < -0.4 is 14.8 Å². The third-order valence-electron chi connectivity index (χ3n) is 6.15. The number of hydrogen-bond donors (Lipinski definition) is 1. The van der Waals surface area contributed by atoms with Gasteiger partial charge in [-0.1, -0.05) is 41.1 Å². The minimum Gasteiger partial charge on any atom is -0.497 e. The first-order valence-corrected chi connectivity index (χ1v) is 12.0. The number of para-hydroxylation sites is 1. The molecule has 4 rings (SSSR count). The van der Waals surface area contributed by atoms with Gasteiger partial charge in [0.15, 0.2) is 0 Å². The first-order chi connectivity index (χ1) is 17.7. The molecular weight excluding hydrogens is 494 g/mol. The number of nitrogens with zero attached hydrogens (tertiary/aromatic N) is 4. The average molecular weight is 522 g/mol. The lowest BCUT2D eigenvalue weighted by Crippen LogP contribution is -2.55. The Hall–Kier alpha value is -4.11. The molecule has 0 aliphatic rings. The summed E-state index contributed by atoms with van der Waals surface area (Å²) in [4.78, 5) is 28.9. The van der Waals surface area contributed by atoms with Crippen molar-refractivity contribution in [2.75, 3.05) is 19.5 Å². The highest BCUT2D eigenvalue weighted by molar-refractivity contribution is 6.30. The number of ether oxygens (including phenoxy) is 2. The summed E-state index contributed by atoms with van der Waals surface area (Å²) in [5, 5.41) is 11.8. The SMILES string of the molecule is COc1ccc(NC(=O)C(C)(C)N(Cc2ccc(Cl)cc2)C(=O)Cn2nnc3ccccc32)c(OC)c1. The number of fused-ring (bicyclic) bond motifs is 1. The Morgan fingerprint density at radius 2 is 1.76 bits per heavy atom. The van der Waals surface area contributed by atoms with Crippen molar-refractivity contribution in [3.05, 3.63) is 77.3 Å². The third-order valence-corrected chi connectivity index (χ3v) is 6.40. The number of amides is 2. The lowest BCUT2D eigenvalue weighted by molar-refractivity contribution is -0.145. The molecule has 0 aliphatic heterocycles. The molecule has 1 aromatic heterocycles.